The Balaban J connectivity index is 1.50. The number of nitrogens with zero attached hydrogens (tertiary/aromatic N) is 3. The van der Waals surface area contributed by atoms with Crippen LogP contribution in [0.3, 0.4) is 0 Å². The van der Waals surface area contributed by atoms with Gasteiger partial charge in [0, 0.05) is 42.4 Å². The maximum atomic E-state index is 12.3. The van der Waals surface area contributed by atoms with Gasteiger partial charge < -0.3 is 19.6 Å². The number of carbonyl (C=O) groups is 2. The Kier molecular flexibility index (Phi) is 6.63. The first kappa shape index (κ1) is 22.7. The minimum atomic E-state index is -0.506. The summed E-state index contributed by atoms with van der Waals surface area (Å²) in [4.78, 5) is 36.4. The normalized spacial score (nSPS) is 11.1. The van der Waals surface area contributed by atoms with Crippen molar-refractivity contribution in [3.05, 3.63) is 71.9 Å². The lowest BCUT2D eigenvalue weighted by Crippen LogP contribution is -2.03. The second kappa shape index (κ2) is 9.95. The summed E-state index contributed by atoms with van der Waals surface area (Å²) in [5.41, 5.74) is 7.89. The van der Waals surface area contributed by atoms with E-state index in [-0.39, 0.29) is 17.8 Å². The van der Waals surface area contributed by atoms with Gasteiger partial charge in [-0.1, -0.05) is 0 Å². The number of esters is 1. The third-order valence-corrected chi connectivity index (χ3v) is 5.07. The number of anilines is 1. The van der Waals surface area contributed by atoms with E-state index in [0.717, 1.165) is 10.9 Å². The van der Waals surface area contributed by atoms with Gasteiger partial charge in [-0.3, -0.25) is 4.79 Å². The minimum Gasteiger partial charge on any atom is -0.493 e. The summed E-state index contributed by atoms with van der Waals surface area (Å²) >= 11 is 0. The summed E-state index contributed by atoms with van der Waals surface area (Å²) in [6.07, 6.45) is 8.36. The molecule has 172 valence electrons. The minimum absolute atomic E-state index is 0.0379. The second-order valence-corrected chi connectivity index (χ2v) is 7.41. The van der Waals surface area contributed by atoms with Crippen LogP contribution in [0.1, 0.15) is 28.1 Å². The standard InChI is InChI=1S/C25H22N4O5/c1-32-21-11-17(24-28-13-18(14-29-24)25(31)33-2)9-16-10-20(34-23(16)21)7-6-19(30)5-3-15-4-8-22(26)27-12-15/h3-5,8-14H,6-7H2,1-2H3,(H2,26,27)/b5-3+. The van der Waals surface area contributed by atoms with E-state index in [4.69, 9.17) is 14.9 Å². The van der Waals surface area contributed by atoms with Crippen LogP contribution in [0.5, 0.6) is 5.75 Å². The van der Waals surface area contributed by atoms with Gasteiger partial charge in [-0.15, -0.1) is 0 Å². The lowest BCUT2D eigenvalue weighted by Gasteiger charge is -2.05. The number of nitrogen functional groups attached to an aromatic ring is 1. The van der Waals surface area contributed by atoms with Crippen molar-refractivity contribution in [3.63, 3.8) is 0 Å². The summed E-state index contributed by atoms with van der Waals surface area (Å²) < 4.78 is 16.1. The maximum Gasteiger partial charge on any atom is 0.341 e. The van der Waals surface area contributed by atoms with E-state index in [9.17, 15) is 9.59 Å². The van der Waals surface area contributed by atoms with Crippen molar-refractivity contribution in [2.24, 2.45) is 0 Å². The molecular weight excluding hydrogens is 436 g/mol. The number of hydrogen-bond donors (Lipinski definition) is 1. The number of benzene rings is 1. The van der Waals surface area contributed by atoms with Gasteiger partial charge in [0.1, 0.15) is 11.6 Å². The molecule has 3 heterocycles. The predicted molar refractivity (Wildman–Crippen MR) is 126 cm³/mol. The molecule has 3 aromatic heterocycles. The van der Waals surface area contributed by atoms with Crippen LogP contribution < -0.4 is 10.5 Å². The van der Waals surface area contributed by atoms with Crippen molar-refractivity contribution < 1.29 is 23.5 Å². The molecule has 4 rings (SSSR count). The second-order valence-electron chi connectivity index (χ2n) is 7.41. The Morgan fingerprint density at radius 2 is 1.85 bits per heavy atom. The highest BCUT2D eigenvalue weighted by Gasteiger charge is 2.15. The van der Waals surface area contributed by atoms with E-state index in [2.05, 4.69) is 19.7 Å². The molecule has 0 saturated heterocycles. The fourth-order valence-electron chi connectivity index (χ4n) is 3.31. The molecule has 2 N–H and O–H groups in total. The van der Waals surface area contributed by atoms with E-state index in [1.54, 1.807) is 37.6 Å². The molecule has 0 atom stereocenters. The van der Waals surface area contributed by atoms with Crippen molar-refractivity contribution >= 4 is 34.6 Å². The largest absolute Gasteiger partial charge is 0.493 e. The Morgan fingerprint density at radius 1 is 1.06 bits per heavy atom. The topological polar surface area (TPSA) is 130 Å². The molecule has 0 aliphatic heterocycles. The van der Waals surface area contributed by atoms with Gasteiger partial charge in [0.25, 0.3) is 0 Å². The number of hydrogen-bond acceptors (Lipinski definition) is 9. The molecule has 9 nitrogen and oxygen atoms in total. The van der Waals surface area contributed by atoms with E-state index in [1.807, 2.05) is 12.1 Å². The lowest BCUT2D eigenvalue weighted by atomic mass is 10.1. The van der Waals surface area contributed by atoms with Crippen LogP contribution in [0.25, 0.3) is 28.4 Å². The SMILES string of the molecule is COC(=O)c1cnc(-c2cc(OC)c3oc(CCC(=O)/C=C/c4ccc(N)nc4)cc3c2)nc1. The molecular formula is C25H22N4O5. The third-order valence-electron chi connectivity index (χ3n) is 5.07. The molecule has 9 heteroatoms. The zero-order chi connectivity index (χ0) is 24.1. The van der Waals surface area contributed by atoms with E-state index in [0.29, 0.717) is 40.7 Å². The van der Waals surface area contributed by atoms with Gasteiger partial charge in [0.05, 0.1) is 19.8 Å². The lowest BCUT2D eigenvalue weighted by molar-refractivity contribution is -0.114. The average Bonchev–Trinajstić information content (AvgIpc) is 3.29. The van der Waals surface area contributed by atoms with E-state index >= 15 is 0 Å². The van der Waals surface area contributed by atoms with Gasteiger partial charge in [0.15, 0.2) is 22.9 Å². The van der Waals surface area contributed by atoms with Crippen molar-refractivity contribution in [3.8, 4) is 17.1 Å². The molecule has 0 aliphatic carbocycles. The number of allylic oxidation sites excluding steroid dienone is 1. The van der Waals surface area contributed by atoms with Crippen LogP contribution >= 0.6 is 0 Å². The molecule has 0 radical (unpaired) electrons. The highest BCUT2D eigenvalue weighted by molar-refractivity contribution is 5.94. The van der Waals surface area contributed by atoms with Gasteiger partial charge in [-0.2, -0.15) is 0 Å². The molecule has 0 spiro atoms. The Hall–Kier alpha value is -4.53. The van der Waals surface area contributed by atoms with Crippen LogP contribution in [0.2, 0.25) is 0 Å². The molecule has 0 fully saturated rings. The number of aromatic nitrogens is 3. The quantitative estimate of drug-likeness (QED) is 0.309. The van der Waals surface area contributed by atoms with Crippen LogP contribution in [-0.4, -0.2) is 40.9 Å². The van der Waals surface area contributed by atoms with Gasteiger partial charge in [0.2, 0.25) is 0 Å². The third kappa shape index (κ3) is 5.09. The smallest absolute Gasteiger partial charge is 0.341 e. The van der Waals surface area contributed by atoms with Crippen LogP contribution in [0.15, 0.2) is 59.4 Å². The molecule has 4 aromatic rings. The van der Waals surface area contributed by atoms with Crippen molar-refractivity contribution in [1.29, 1.82) is 0 Å². The van der Waals surface area contributed by atoms with E-state index < -0.39 is 5.97 Å². The molecule has 0 saturated carbocycles. The molecule has 0 unspecified atom stereocenters. The fourth-order valence-corrected chi connectivity index (χ4v) is 3.31. The number of fused-ring (bicyclic) bond motifs is 1. The highest BCUT2D eigenvalue weighted by atomic mass is 16.5. The summed E-state index contributed by atoms with van der Waals surface area (Å²) in [5.74, 6) is 1.48. The Bertz CT molecular complexity index is 1360. The van der Waals surface area contributed by atoms with Gasteiger partial charge >= 0.3 is 5.97 Å². The first-order valence-corrected chi connectivity index (χ1v) is 10.4. The Labute approximate surface area is 195 Å². The first-order chi connectivity index (χ1) is 16.5. The number of pyridine rings is 1. The number of aryl methyl sites for hydroxylation is 1. The van der Waals surface area contributed by atoms with Gasteiger partial charge in [-0.25, -0.2) is 19.7 Å². The first-order valence-electron chi connectivity index (χ1n) is 10.4. The number of methoxy groups -OCH3 is 2. The molecule has 0 aliphatic rings. The number of nitrogens with two attached hydrogens (primary N) is 1. The zero-order valence-electron chi connectivity index (χ0n) is 18.6. The Morgan fingerprint density at radius 3 is 2.53 bits per heavy atom. The van der Waals surface area contributed by atoms with Crippen LogP contribution in [-0.2, 0) is 16.0 Å². The zero-order valence-corrected chi connectivity index (χ0v) is 18.6. The number of rotatable bonds is 8. The monoisotopic (exact) mass is 458 g/mol. The van der Waals surface area contributed by atoms with Crippen molar-refractivity contribution in [2.75, 3.05) is 20.0 Å². The number of ketones is 1. The van der Waals surface area contributed by atoms with Crippen LogP contribution in [0, 0.1) is 0 Å². The summed E-state index contributed by atoms with van der Waals surface area (Å²) in [7, 11) is 2.84. The average molecular weight is 458 g/mol. The highest BCUT2D eigenvalue weighted by Crippen LogP contribution is 2.34. The fraction of sp³-hybridized carbons (Fsp3) is 0.160. The molecule has 0 amide bonds. The summed E-state index contributed by atoms with van der Waals surface area (Å²) in [5, 5.41) is 0.793. The van der Waals surface area contributed by atoms with Crippen LogP contribution in [0.4, 0.5) is 5.82 Å². The predicted octanol–water partition coefficient (Wildman–Crippen LogP) is 3.88. The number of furan rings is 1. The van der Waals surface area contributed by atoms with E-state index in [1.165, 1.54) is 25.6 Å². The summed E-state index contributed by atoms with van der Waals surface area (Å²) in [6.45, 7) is 0. The number of carbonyl (C=O) groups excluding carboxylic acids is 2. The number of ether oxygens (including phenoxy) is 2. The van der Waals surface area contributed by atoms with Crippen molar-refractivity contribution in [2.45, 2.75) is 12.8 Å². The summed E-state index contributed by atoms with van der Waals surface area (Å²) in [6, 6.07) is 8.97. The molecule has 34 heavy (non-hydrogen) atoms. The maximum absolute atomic E-state index is 12.3. The van der Waals surface area contributed by atoms with Crippen molar-refractivity contribution in [1.82, 2.24) is 15.0 Å². The van der Waals surface area contributed by atoms with Gasteiger partial charge in [-0.05, 0) is 48.0 Å². The molecule has 0 bridgehead atoms. The molecule has 1 aromatic carbocycles.